The van der Waals surface area contributed by atoms with Crippen molar-refractivity contribution in [2.75, 3.05) is 13.2 Å². The maximum atomic E-state index is 9.16. The zero-order valence-corrected chi connectivity index (χ0v) is 8.71. The molecule has 1 aromatic heterocycles. The maximum absolute atomic E-state index is 9.16. The van der Waals surface area contributed by atoms with Gasteiger partial charge in [-0.15, -0.1) is 0 Å². The first kappa shape index (κ1) is 10.5. The molecule has 0 aliphatic rings. The lowest BCUT2D eigenvalue weighted by Gasteiger charge is -2.01. The van der Waals surface area contributed by atoms with E-state index in [2.05, 4.69) is 5.10 Å². The van der Waals surface area contributed by atoms with Crippen molar-refractivity contribution >= 4 is 0 Å². The molecule has 0 aliphatic heterocycles. The molecule has 1 heterocycles. The van der Waals surface area contributed by atoms with Gasteiger partial charge in [0.1, 0.15) is 12.4 Å². The molecule has 2 aromatic rings. The number of nitrogens with two attached hydrogens (primary N) is 1. The van der Waals surface area contributed by atoms with Crippen LogP contribution in [0.5, 0.6) is 11.5 Å². The Morgan fingerprint density at radius 2 is 2.06 bits per heavy atom. The number of aromatic nitrogens is 2. The van der Waals surface area contributed by atoms with Gasteiger partial charge >= 0.3 is 0 Å². The van der Waals surface area contributed by atoms with Crippen LogP contribution in [0.2, 0.25) is 0 Å². The highest BCUT2D eigenvalue weighted by atomic mass is 16.5. The Hall–Kier alpha value is -2.01. The molecular formula is C11H13N3O2. The molecule has 84 valence electrons. The van der Waals surface area contributed by atoms with Gasteiger partial charge in [0.15, 0.2) is 5.75 Å². The average Bonchev–Trinajstić information content (AvgIpc) is 2.76. The van der Waals surface area contributed by atoms with Crippen LogP contribution < -0.4 is 10.5 Å². The number of hydrogen-bond donors (Lipinski definition) is 2. The molecule has 2 rings (SSSR count). The minimum Gasteiger partial charge on any atom is -0.508 e. The number of rotatable bonds is 4. The summed E-state index contributed by atoms with van der Waals surface area (Å²) in [5.74, 6) is 0.911. The smallest absolute Gasteiger partial charge is 0.157 e. The lowest BCUT2D eigenvalue weighted by molar-refractivity contribution is 0.328. The Morgan fingerprint density at radius 1 is 1.31 bits per heavy atom. The SMILES string of the molecule is NCCOc1cnn(-c2ccc(O)cc2)c1. The standard InChI is InChI=1S/C11H13N3O2/c12-5-6-16-11-7-13-14(8-11)9-1-3-10(15)4-2-9/h1-4,7-8,15H,5-6,12H2. The molecule has 0 fully saturated rings. The molecule has 5 nitrogen and oxygen atoms in total. The van der Waals surface area contributed by atoms with Crippen LogP contribution in [-0.2, 0) is 0 Å². The number of nitrogens with zero attached hydrogens (tertiary/aromatic N) is 2. The third-order valence-electron chi connectivity index (χ3n) is 2.06. The molecule has 1 aromatic carbocycles. The van der Waals surface area contributed by atoms with E-state index in [0.717, 1.165) is 5.69 Å². The predicted octanol–water partition coefficient (Wildman–Crippen LogP) is 0.915. The number of aromatic hydroxyl groups is 1. The van der Waals surface area contributed by atoms with Gasteiger partial charge in [-0.1, -0.05) is 0 Å². The van der Waals surface area contributed by atoms with Gasteiger partial charge in [0, 0.05) is 6.54 Å². The van der Waals surface area contributed by atoms with Gasteiger partial charge in [-0.2, -0.15) is 5.10 Å². The fourth-order valence-corrected chi connectivity index (χ4v) is 1.30. The number of hydrogen-bond acceptors (Lipinski definition) is 4. The van der Waals surface area contributed by atoms with Crippen molar-refractivity contribution in [3.05, 3.63) is 36.7 Å². The first-order valence-corrected chi connectivity index (χ1v) is 4.96. The average molecular weight is 219 g/mol. The van der Waals surface area contributed by atoms with E-state index in [0.29, 0.717) is 18.9 Å². The lowest BCUT2D eigenvalue weighted by atomic mass is 10.3. The van der Waals surface area contributed by atoms with E-state index in [-0.39, 0.29) is 5.75 Å². The van der Waals surface area contributed by atoms with Gasteiger partial charge in [0.2, 0.25) is 0 Å². The van der Waals surface area contributed by atoms with E-state index in [4.69, 9.17) is 15.6 Å². The van der Waals surface area contributed by atoms with E-state index in [1.807, 2.05) is 0 Å². The normalized spacial score (nSPS) is 10.3. The highest BCUT2D eigenvalue weighted by molar-refractivity contribution is 5.37. The largest absolute Gasteiger partial charge is 0.508 e. The molecule has 0 radical (unpaired) electrons. The first-order chi connectivity index (χ1) is 7.79. The van der Waals surface area contributed by atoms with Gasteiger partial charge in [-0.05, 0) is 24.3 Å². The second-order valence-electron chi connectivity index (χ2n) is 3.27. The van der Waals surface area contributed by atoms with Crippen LogP contribution in [0.3, 0.4) is 0 Å². The summed E-state index contributed by atoms with van der Waals surface area (Å²) in [5, 5.41) is 13.3. The second-order valence-corrected chi connectivity index (χ2v) is 3.27. The van der Waals surface area contributed by atoms with Crippen LogP contribution in [0.1, 0.15) is 0 Å². The highest BCUT2D eigenvalue weighted by Crippen LogP contribution is 2.16. The summed E-state index contributed by atoms with van der Waals surface area (Å²) in [6, 6.07) is 6.76. The van der Waals surface area contributed by atoms with E-state index in [1.54, 1.807) is 41.3 Å². The Kier molecular flexibility index (Phi) is 3.07. The molecule has 0 atom stereocenters. The van der Waals surface area contributed by atoms with Crippen LogP contribution in [-0.4, -0.2) is 28.0 Å². The fraction of sp³-hybridized carbons (Fsp3) is 0.182. The van der Waals surface area contributed by atoms with Crippen molar-refractivity contribution in [1.82, 2.24) is 9.78 Å². The van der Waals surface area contributed by atoms with Gasteiger partial charge in [0.05, 0.1) is 18.1 Å². The molecular weight excluding hydrogens is 206 g/mol. The molecule has 16 heavy (non-hydrogen) atoms. The molecule has 0 aliphatic carbocycles. The molecule has 0 spiro atoms. The highest BCUT2D eigenvalue weighted by Gasteiger charge is 2.01. The van der Waals surface area contributed by atoms with Crippen LogP contribution in [0, 0.1) is 0 Å². The predicted molar refractivity (Wildman–Crippen MR) is 59.8 cm³/mol. The minimum atomic E-state index is 0.232. The zero-order valence-electron chi connectivity index (χ0n) is 8.71. The minimum absolute atomic E-state index is 0.232. The topological polar surface area (TPSA) is 73.3 Å². The monoisotopic (exact) mass is 219 g/mol. The van der Waals surface area contributed by atoms with Gasteiger partial charge in [-0.3, -0.25) is 0 Å². The molecule has 0 amide bonds. The molecule has 3 N–H and O–H groups in total. The zero-order chi connectivity index (χ0) is 11.4. The maximum Gasteiger partial charge on any atom is 0.157 e. The summed E-state index contributed by atoms with van der Waals surface area (Å²) in [4.78, 5) is 0. The molecule has 0 unspecified atom stereocenters. The summed E-state index contributed by atoms with van der Waals surface area (Å²) >= 11 is 0. The lowest BCUT2D eigenvalue weighted by Crippen LogP contribution is -2.10. The third kappa shape index (κ3) is 2.32. The Morgan fingerprint density at radius 3 is 2.75 bits per heavy atom. The van der Waals surface area contributed by atoms with E-state index in [1.165, 1.54) is 0 Å². The van der Waals surface area contributed by atoms with Crippen molar-refractivity contribution in [2.45, 2.75) is 0 Å². The van der Waals surface area contributed by atoms with Crippen LogP contribution >= 0.6 is 0 Å². The van der Waals surface area contributed by atoms with E-state index in [9.17, 15) is 0 Å². The van der Waals surface area contributed by atoms with Crippen molar-refractivity contribution < 1.29 is 9.84 Å². The van der Waals surface area contributed by atoms with Gasteiger partial charge in [-0.25, -0.2) is 4.68 Å². The van der Waals surface area contributed by atoms with Crippen molar-refractivity contribution in [3.63, 3.8) is 0 Å². The third-order valence-corrected chi connectivity index (χ3v) is 2.06. The van der Waals surface area contributed by atoms with Crippen LogP contribution in [0.15, 0.2) is 36.7 Å². The number of benzene rings is 1. The summed E-state index contributed by atoms with van der Waals surface area (Å²) in [7, 11) is 0. The van der Waals surface area contributed by atoms with Crippen molar-refractivity contribution in [1.29, 1.82) is 0 Å². The first-order valence-electron chi connectivity index (χ1n) is 4.96. The number of phenolic OH excluding ortho intramolecular Hbond substituents is 1. The molecule has 0 saturated carbocycles. The van der Waals surface area contributed by atoms with Gasteiger partial charge < -0.3 is 15.6 Å². The van der Waals surface area contributed by atoms with Crippen molar-refractivity contribution in [2.24, 2.45) is 5.73 Å². The fourth-order valence-electron chi connectivity index (χ4n) is 1.30. The Labute approximate surface area is 93.1 Å². The van der Waals surface area contributed by atoms with Crippen molar-refractivity contribution in [3.8, 4) is 17.2 Å². The number of ether oxygens (including phenoxy) is 1. The molecule has 5 heteroatoms. The Balaban J connectivity index is 2.15. The summed E-state index contributed by atoms with van der Waals surface area (Å²) in [5.41, 5.74) is 6.19. The quantitative estimate of drug-likeness (QED) is 0.801. The Bertz CT molecular complexity index is 451. The second kappa shape index (κ2) is 4.67. The summed E-state index contributed by atoms with van der Waals surface area (Å²) in [6.45, 7) is 0.950. The molecule has 0 saturated heterocycles. The van der Waals surface area contributed by atoms with E-state index < -0.39 is 0 Å². The summed E-state index contributed by atoms with van der Waals surface area (Å²) < 4.78 is 7.00. The van der Waals surface area contributed by atoms with E-state index >= 15 is 0 Å². The summed E-state index contributed by atoms with van der Waals surface area (Å²) in [6.07, 6.45) is 3.39. The van der Waals surface area contributed by atoms with Crippen LogP contribution in [0.25, 0.3) is 5.69 Å². The molecule has 0 bridgehead atoms. The number of phenols is 1. The van der Waals surface area contributed by atoms with Gasteiger partial charge in [0.25, 0.3) is 0 Å². The van der Waals surface area contributed by atoms with Crippen LogP contribution in [0.4, 0.5) is 0 Å².